The van der Waals surface area contributed by atoms with E-state index in [4.69, 9.17) is 0 Å². The van der Waals surface area contributed by atoms with Crippen LogP contribution in [0, 0.1) is 23.7 Å². The Bertz CT molecular complexity index is 1000. The minimum absolute atomic E-state index is 0.784. The molecular formula is C33H52Si2. The molecule has 0 spiro atoms. The van der Waals surface area contributed by atoms with Crippen molar-refractivity contribution in [3.05, 3.63) is 48.0 Å². The van der Waals surface area contributed by atoms with E-state index in [1.807, 2.05) is 0 Å². The van der Waals surface area contributed by atoms with Gasteiger partial charge in [0.2, 0.25) is 0 Å². The Hall–Kier alpha value is -0.866. The summed E-state index contributed by atoms with van der Waals surface area (Å²) in [5.74, 6) is 4.69. The molecular weight excluding hydrogens is 453 g/mol. The zero-order valence-electron chi connectivity index (χ0n) is 23.7. The third-order valence-corrected chi connectivity index (χ3v) is 32.8. The van der Waals surface area contributed by atoms with Crippen LogP contribution in [0.25, 0.3) is 10.8 Å². The zero-order valence-corrected chi connectivity index (χ0v) is 25.7. The van der Waals surface area contributed by atoms with Crippen LogP contribution in [-0.2, 0) is 0 Å². The highest BCUT2D eigenvalue weighted by molar-refractivity contribution is 7.41. The van der Waals surface area contributed by atoms with Crippen LogP contribution in [-0.4, -0.2) is 15.2 Å². The number of rotatable bonds is 7. The molecule has 0 radical (unpaired) electrons. The first-order valence-electron chi connectivity index (χ1n) is 15.2. The molecule has 0 saturated heterocycles. The molecule has 0 bridgehead atoms. The SMILES string of the molecule is CCCCC1CCC([Si](C)(C)[Si](C)(C)C2C(C)CC3C(c4cccc5ccccc45)CCCC32)C1. The van der Waals surface area contributed by atoms with Crippen LogP contribution in [0.5, 0.6) is 0 Å². The second-order valence-corrected chi connectivity index (χ2v) is 30.2. The molecule has 3 aliphatic carbocycles. The standard InChI is InChI=1S/C33H52Si2/c1-7-8-13-25-20-21-27(23-25)34(3,4)35(5,6)33-24(2)22-32-30(18-12-19-31(32)33)29-17-11-15-26-14-9-10-16-28(26)29/h9-11,14-17,24-25,27,30-33H,7-8,12-13,18-23H2,1-6H3. The highest BCUT2D eigenvalue weighted by atomic mass is 29.3. The number of unbranched alkanes of at least 4 members (excludes halogenated alkanes) is 1. The number of fused-ring (bicyclic) bond motifs is 2. The maximum atomic E-state index is 2.89. The quantitative estimate of drug-likeness (QED) is 0.329. The lowest BCUT2D eigenvalue weighted by atomic mass is 9.70. The fourth-order valence-corrected chi connectivity index (χ4v) is 24.5. The Morgan fingerprint density at radius 2 is 1.57 bits per heavy atom. The van der Waals surface area contributed by atoms with E-state index in [9.17, 15) is 0 Å². The van der Waals surface area contributed by atoms with Gasteiger partial charge < -0.3 is 0 Å². The Balaban J connectivity index is 1.40. The Morgan fingerprint density at radius 1 is 0.800 bits per heavy atom. The third-order valence-electron chi connectivity index (χ3n) is 12.1. The lowest BCUT2D eigenvalue weighted by molar-refractivity contribution is 0.238. The van der Waals surface area contributed by atoms with E-state index in [-0.39, 0.29) is 0 Å². The number of benzene rings is 2. The second-order valence-electron chi connectivity index (χ2n) is 14.1. The molecule has 7 atom stereocenters. The summed E-state index contributed by atoms with van der Waals surface area (Å²) in [4.78, 5) is 0. The first-order valence-corrected chi connectivity index (χ1v) is 22.4. The largest absolute Gasteiger partial charge is 0.0711 e. The van der Waals surface area contributed by atoms with Crippen LogP contribution in [0.15, 0.2) is 42.5 Å². The Kier molecular flexibility index (Phi) is 7.45. The molecule has 3 saturated carbocycles. The van der Waals surface area contributed by atoms with Crippen LogP contribution in [0.3, 0.4) is 0 Å². The van der Waals surface area contributed by atoms with Gasteiger partial charge in [-0.15, -0.1) is 0 Å². The first-order chi connectivity index (χ1) is 16.8. The summed E-state index contributed by atoms with van der Waals surface area (Å²) in [7, 11) is -2.61. The molecule has 3 fully saturated rings. The average molecular weight is 505 g/mol. The maximum Gasteiger partial charge on any atom is 0.0451 e. The van der Waals surface area contributed by atoms with E-state index in [1.165, 1.54) is 55.7 Å². The van der Waals surface area contributed by atoms with Crippen LogP contribution >= 0.6 is 0 Å². The number of hydrogen-bond donors (Lipinski definition) is 0. The van der Waals surface area contributed by atoms with Crippen molar-refractivity contribution in [3.8, 4) is 0 Å². The molecule has 2 heteroatoms. The van der Waals surface area contributed by atoms with Gasteiger partial charge in [0.15, 0.2) is 0 Å². The molecule has 0 aliphatic heterocycles. The van der Waals surface area contributed by atoms with E-state index < -0.39 is 15.2 Å². The van der Waals surface area contributed by atoms with Gasteiger partial charge in [-0.3, -0.25) is 0 Å². The van der Waals surface area contributed by atoms with Crippen LogP contribution in [0.2, 0.25) is 37.3 Å². The highest BCUT2D eigenvalue weighted by Crippen LogP contribution is 2.63. The van der Waals surface area contributed by atoms with Gasteiger partial charge in [0.1, 0.15) is 0 Å². The Labute approximate surface area is 218 Å². The van der Waals surface area contributed by atoms with E-state index in [2.05, 4.69) is 82.5 Å². The summed E-state index contributed by atoms with van der Waals surface area (Å²) in [6.07, 6.45) is 14.9. The maximum absolute atomic E-state index is 2.89. The molecule has 7 unspecified atom stereocenters. The van der Waals surface area contributed by atoms with Crippen LogP contribution in [0.1, 0.15) is 89.5 Å². The minimum Gasteiger partial charge on any atom is -0.0711 e. The summed E-state index contributed by atoms with van der Waals surface area (Å²) in [5, 5.41) is 2.98. The molecule has 0 heterocycles. The highest BCUT2D eigenvalue weighted by Gasteiger charge is 2.59. The summed E-state index contributed by atoms with van der Waals surface area (Å²) in [6, 6.07) is 16.3. The average Bonchev–Trinajstić information content (AvgIpc) is 3.46. The molecule has 0 amide bonds. The molecule has 192 valence electrons. The topological polar surface area (TPSA) is 0 Å². The monoisotopic (exact) mass is 504 g/mol. The molecule has 5 rings (SSSR count). The summed E-state index contributed by atoms with van der Waals surface area (Å²) < 4.78 is 0. The van der Waals surface area contributed by atoms with Crippen molar-refractivity contribution in [3.63, 3.8) is 0 Å². The van der Waals surface area contributed by atoms with Crippen molar-refractivity contribution in [2.45, 2.75) is 121 Å². The van der Waals surface area contributed by atoms with E-state index in [0.29, 0.717) is 0 Å². The Morgan fingerprint density at radius 3 is 2.37 bits per heavy atom. The van der Waals surface area contributed by atoms with Crippen molar-refractivity contribution in [2.75, 3.05) is 0 Å². The molecule has 3 aliphatic rings. The summed E-state index contributed by atoms with van der Waals surface area (Å²) >= 11 is 0. The van der Waals surface area contributed by atoms with Crippen molar-refractivity contribution < 1.29 is 0 Å². The summed E-state index contributed by atoms with van der Waals surface area (Å²) in [5.41, 5.74) is 3.84. The first kappa shape index (κ1) is 25.8. The van der Waals surface area contributed by atoms with Gasteiger partial charge in [0.25, 0.3) is 0 Å². The predicted octanol–water partition coefficient (Wildman–Crippen LogP) is 10.6. The number of hydrogen-bond acceptors (Lipinski definition) is 0. The van der Waals surface area contributed by atoms with E-state index in [1.54, 1.807) is 24.8 Å². The molecule has 2 aromatic rings. The lowest BCUT2D eigenvalue weighted by Crippen LogP contribution is -2.62. The molecule has 0 nitrogen and oxygen atoms in total. The lowest BCUT2D eigenvalue weighted by Gasteiger charge is -2.51. The molecule has 0 N–H and O–H groups in total. The third kappa shape index (κ3) is 4.54. The van der Waals surface area contributed by atoms with E-state index >= 15 is 0 Å². The van der Waals surface area contributed by atoms with Crippen LogP contribution < -0.4 is 0 Å². The fraction of sp³-hybridized carbons (Fsp3) is 0.697. The van der Waals surface area contributed by atoms with Gasteiger partial charge in [0, 0.05) is 15.2 Å². The van der Waals surface area contributed by atoms with Gasteiger partial charge in [-0.05, 0) is 69.8 Å². The fourth-order valence-electron chi connectivity index (χ4n) is 9.73. The normalized spacial score (nSPS) is 33.8. The molecule has 2 aromatic carbocycles. The van der Waals surface area contributed by atoms with Gasteiger partial charge in [-0.1, -0.05) is 134 Å². The van der Waals surface area contributed by atoms with Crippen molar-refractivity contribution in [2.24, 2.45) is 23.7 Å². The van der Waals surface area contributed by atoms with Gasteiger partial charge in [-0.25, -0.2) is 0 Å². The van der Waals surface area contributed by atoms with E-state index in [0.717, 1.165) is 40.7 Å². The van der Waals surface area contributed by atoms with Crippen LogP contribution in [0.4, 0.5) is 0 Å². The van der Waals surface area contributed by atoms with Gasteiger partial charge in [0.05, 0.1) is 0 Å². The van der Waals surface area contributed by atoms with Gasteiger partial charge >= 0.3 is 0 Å². The zero-order chi connectivity index (χ0) is 24.8. The summed E-state index contributed by atoms with van der Waals surface area (Å²) in [6.45, 7) is 16.6. The van der Waals surface area contributed by atoms with Crippen molar-refractivity contribution in [1.82, 2.24) is 0 Å². The molecule has 35 heavy (non-hydrogen) atoms. The molecule has 0 aromatic heterocycles. The van der Waals surface area contributed by atoms with Crippen molar-refractivity contribution >= 4 is 26.0 Å². The smallest absolute Gasteiger partial charge is 0.0451 e. The minimum atomic E-state index is -1.34. The second kappa shape index (κ2) is 10.1. The van der Waals surface area contributed by atoms with Crippen molar-refractivity contribution in [1.29, 1.82) is 0 Å². The predicted molar refractivity (Wildman–Crippen MR) is 161 cm³/mol. The van der Waals surface area contributed by atoms with Gasteiger partial charge in [-0.2, -0.15) is 0 Å².